The number of aliphatic carboxylic acids is 2. The summed E-state index contributed by atoms with van der Waals surface area (Å²) >= 11 is 0. The molecule has 0 saturated carbocycles. The molecule has 0 aromatic heterocycles. The highest BCUT2D eigenvalue weighted by atomic mass is 16.4. The van der Waals surface area contributed by atoms with E-state index < -0.39 is 78.5 Å². The van der Waals surface area contributed by atoms with Gasteiger partial charge in [0.25, 0.3) is 0 Å². The number of nitrogens with one attached hydrogen (secondary N) is 3. The van der Waals surface area contributed by atoms with E-state index in [-0.39, 0.29) is 32.1 Å². The molecule has 0 heterocycles. The lowest BCUT2D eigenvalue weighted by Gasteiger charge is -2.25. The highest BCUT2D eigenvalue weighted by molar-refractivity contribution is 5.94. The third kappa shape index (κ3) is 15.0. The fourth-order valence-electron chi connectivity index (χ4n) is 3.09. The molecule has 0 aliphatic heterocycles. The minimum Gasteiger partial charge on any atom is -0.481 e. The second-order valence-electron chi connectivity index (χ2n) is 8.36. The first-order valence-electron chi connectivity index (χ1n) is 11.7. The summed E-state index contributed by atoms with van der Waals surface area (Å²) in [6, 6.07) is -5.31. The molecule has 16 heteroatoms. The number of carbonyl (C=O) groups is 7. The molecule has 5 amide bonds. The van der Waals surface area contributed by atoms with Gasteiger partial charge in [0, 0.05) is 19.3 Å². The number of hydrogen-bond acceptors (Lipinski definition) is 9. The predicted octanol–water partition coefficient (Wildman–Crippen LogP) is -3.62. The van der Waals surface area contributed by atoms with Gasteiger partial charge in [-0.3, -0.25) is 28.8 Å². The van der Waals surface area contributed by atoms with Crippen molar-refractivity contribution in [2.45, 2.75) is 82.0 Å². The first kappa shape index (κ1) is 33.2. The number of hydrogen-bond donors (Lipinski definition) is 9. The molecular formula is C21H37N7O9. The van der Waals surface area contributed by atoms with Gasteiger partial charge in [0.05, 0.1) is 6.04 Å². The molecule has 4 unspecified atom stereocenters. The second-order valence-corrected chi connectivity index (χ2v) is 8.36. The van der Waals surface area contributed by atoms with Crippen LogP contribution in [0.2, 0.25) is 0 Å². The molecule has 0 aromatic carbocycles. The Morgan fingerprint density at radius 3 is 1.57 bits per heavy atom. The number of primary amides is 2. The molecule has 0 aromatic rings. The number of carboxylic acids is 2. The van der Waals surface area contributed by atoms with Crippen LogP contribution in [0.3, 0.4) is 0 Å². The zero-order valence-corrected chi connectivity index (χ0v) is 20.4. The Labute approximate surface area is 213 Å². The quantitative estimate of drug-likeness (QED) is 0.0690. The summed E-state index contributed by atoms with van der Waals surface area (Å²) in [6.45, 7) is 0.316. The van der Waals surface area contributed by atoms with Crippen molar-refractivity contribution in [1.82, 2.24) is 16.0 Å². The van der Waals surface area contributed by atoms with Gasteiger partial charge in [-0.1, -0.05) is 0 Å². The standard InChI is InChI=1S/C21H37N7O9/c22-10-2-1-3-12(26-18(33)11(23)4-7-15(24)29)19(34)27-13(5-8-16(25)30)20(35)28-14(21(36)37)6-9-17(31)32/h11-14H,1-10,22-23H2,(H2,24,29)(H2,25,30)(H,26,33)(H,27,34)(H,28,35)(H,31,32)(H,36,37). The summed E-state index contributed by atoms with van der Waals surface area (Å²) in [5.41, 5.74) is 21.4. The van der Waals surface area contributed by atoms with Crippen LogP contribution in [0.25, 0.3) is 0 Å². The van der Waals surface area contributed by atoms with Crippen LogP contribution in [-0.4, -0.2) is 82.4 Å². The zero-order valence-electron chi connectivity index (χ0n) is 20.4. The van der Waals surface area contributed by atoms with E-state index in [1.54, 1.807) is 0 Å². The topological polar surface area (TPSA) is 300 Å². The van der Waals surface area contributed by atoms with E-state index in [1.807, 2.05) is 0 Å². The Balaban J connectivity index is 5.58. The number of rotatable bonds is 20. The molecule has 4 atom stereocenters. The lowest BCUT2D eigenvalue weighted by atomic mass is 10.0. The molecule has 37 heavy (non-hydrogen) atoms. The Bertz CT molecular complexity index is 837. The highest BCUT2D eigenvalue weighted by Crippen LogP contribution is 2.07. The number of carbonyl (C=O) groups excluding carboxylic acids is 5. The number of unbranched alkanes of at least 4 members (excludes halogenated alkanes) is 1. The van der Waals surface area contributed by atoms with Crippen LogP contribution >= 0.6 is 0 Å². The van der Waals surface area contributed by atoms with Crippen LogP contribution in [-0.2, 0) is 33.6 Å². The van der Waals surface area contributed by atoms with Crippen molar-refractivity contribution in [3.8, 4) is 0 Å². The third-order valence-corrected chi connectivity index (χ3v) is 5.19. The van der Waals surface area contributed by atoms with Crippen LogP contribution in [0.4, 0.5) is 0 Å². The van der Waals surface area contributed by atoms with E-state index in [0.29, 0.717) is 19.4 Å². The molecule has 13 N–H and O–H groups in total. The smallest absolute Gasteiger partial charge is 0.326 e. The normalized spacial score (nSPS) is 13.9. The van der Waals surface area contributed by atoms with Crippen molar-refractivity contribution in [2.24, 2.45) is 22.9 Å². The highest BCUT2D eigenvalue weighted by Gasteiger charge is 2.30. The minimum absolute atomic E-state index is 0.0606. The van der Waals surface area contributed by atoms with Crippen molar-refractivity contribution >= 4 is 41.5 Å². The third-order valence-electron chi connectivity index (χ3n) is 5.19. The number of carboxylic acid groups (broad SMARTS) is 2. The Hall–Kier alpha value is -3.79. The molecule has 0 radical (unpaired) electrons. The van der Waals surface area contributed by atoms with E-state index in [0.717, 1.165) is 0 Å². The van der Waals surface area contributed by atoms with Crippen molar-refractivity contribution in [3.05, 3.63) is 0 Å². The fourth-order valence-corrected chi connectivity index (χ4v) is 3.09. The zero-order chi connectivity index (χ0) is 28.5. The first-order chi connectivity index (χ1) is 17.3. The summed E-state index contributed by atoms with van der Waals surface area (Å²) < 4.78 is 0. The van der Waals surface area contributed by atoms with Gasteiger partial charge < -0.3 is 49.1 Å². The fraction of sp³-hybridized carbons (Fsp3) is 0.667. The maximum absolute atomic E-state index is 13.0. The maximum Gasteiger partial charge on any atom is 0.326 e. The molecular weight excluding hydrogens is 494 g/mol. The first-order valence-corrected chi connectivity index (χ1v) is 11.7. The van der Waals surface area contributed by atoms with Gasteiger partial charge in [-0.25, -0.2) is 4.79 Å². The van der Waals surface area contributed by atoms with Gasteiger partial charge in [-0.2, -0.15) is 0 Å². The van der Waals surface area contributed by atoms with E-state index >= 15 is 0 Å². The van der Waals surface area contributed by atoms with Gasteiger partial charge in [0.2, 0.25) is 29.5 Å². The van der Waals surface area contributed by atoms with E-state index in [2.05, 4.69) is 16.0 Å². The van der Waals surface area contributed by atoms with Gasteiger partial charge in [-0.15, -0.1) is 0 Å². The van der Waals surface area contributed by atoms with E-state index in [9.17, 15) is 38.7 Å². The van der Waals surface area contributed by atoms with Gasteiger partial charge in [0.1, 0.15) is 18.1 Å². The molecule has 0 fully saturated rings. The molecule has 0 spiro atoms. The van der Waals surface area contributed by atoms with Gasteiger partial charge in [-0.05, 0) is 45.1 Å². The minimum atomic E-state index is -1.57. The molecule has 210 valence electrons. The van der Waals surface area contributed by atoms with Crippen molar-refractivity contribution < 1.29 is 43.8 Å². The molecule has 0 aliphatic carbocycles. The monoisotopic (exact) mass is 531 g/mol. The molecule has 0 aliphatic rings. The number of amides is 5. The Kier molecular flexibility index (Phi) is 15.8. The maximum atomic E-state index is 13.0. The van der Waals surface area contributed by atoms with Crippen molar-refractivity contribution in [1.29, 1.82) is 0 Å². The summed E-state index contributed by atoms with van der Waals surface area (Å²) in [5.74, 6) is -6.78. The lowest BCUT2D eigenvalue weighted by molar-refractivity contribution is -0.143. The molecule has 0 saturated heterocycles. The Morgan fingerprint density at radius 2 is 1.08 bits per heavy atom. The predicted molar refractivity (Wildman–Crippen MR) is 128 cm³/mol. The summed E-state index contributed by atoms with van der Waals surface area (Å²) in [4.78, 5) is 82.6. The summed E-state index contributed by atoms with van der Waals surface area (Å²) in [6.07, 6.45) is -0.766. The Morgan fingerprint density at radius 1 is 0.622 bits per heavy atom. The lowest BCUT2D eigenvalue weighted by Crippen LogP contribution is -2.57. The van der Waals surface area contributed by atoms with Crippen molar-refractivity contribution in [3.63, 3.8) is 0 Å². The molecule has 16 nitrogen and oxygen atoms in total. The van der Waals surface area contributed by atoms with Crippen LogP contribution in [0.5, 0.6) is 0 Å². The SMILES string of the molecule is NCCCCC(NC(=O)C(N)CCC(N)=O)C(=O)NC(CCC(N)=O)C(=O)NC(CCC(=O)O)C(=O)O. The van der Waals surface area contributed by atoms with E-state index in [1.165, 1.54) is 0 Å². The average Bonchev–Trinajstić information content (AvgIpc) is 2.81. The van der Waals surface area contributed by atoms with Crippen LogP contribution in [0.1, 0.15) is 57.8 Å². The molecule has 0 rings (SSSR count). The largest absolute Gasteiger partial charge is 0.481 e. The van der Waals surface area contributed by atoms with Gasteiger partial charge >= 0.3 is 11.9 Å². The second kappa shape index (κ2) is 17.6. The number of nitrogens with two attached hydrogens (primary N) is 4. The van der Waals surface area contributed by atoms with E-state index in [4.69, 9.17) is 28.0 Å². The van der Waals surface area contributed by atoms with Crippen LogP contribution < -0.4 is 38.9 Å². The van der Waals surface area contributed by atoms with Gasteiger partial charge in [0.15, 0.2) is 0 Å². The van der Waals surface area contributed by atoms with Crippen LogP contribution in [0, 0.1) is 0 Å². The summed E-state index contributed by atoms with van der Waals surface area (Å²) in [7, 11) is 0. The summed E-state index contributed by atoms with van der Waals surface area (Å²) in [5, 5.41) is 25.0. The van der Waals surface area contributed by atoms with Crippen LogP contribution in [0.15, 0.2) is 0 Å². The molecule has 0 bridgehead atoms. The van der Waals surface area contributed by atoms with Crippen molar-refractivity contribution in [2.75, 3.05) is 6.54 Å². The average molecular weight is 532 g/mol.